The fraction of sp³-hybridized carbons (Fsp3) is 0.725. The number of amides is 5. The van der Waals surface area contributed by atoms with E-state index < -0.39 is 42.2 Å². The van der Waals surface area contributed by atoms with Gasteiger partial charge in [-0.25, -0.2) is 9.59 Å². The van der Waals surface area contributed by atoms with Crippen LogP contribution in [0.15, 0.2) is 30.3 Å². The summed E-state index contributed by atoms with van der Waals surface area (Å²) in [7, 11) is 6.08. The molecule has 8 atom stereocenters. The summed E-state index contributed by atoms with van der Waals surface area (Å²) >= 11 is 0. The molecule has 1 aromatic rings. The van der Waals surface area contributed by atoms with Gasteiger partial charge in [0.05, 0.1) is 43.7 Å². The number of rotatable bonds is 20. The number of methoxy groups -OCH3 is 3. The SMILES string of the molecule is CC[C@H](C)[C@@H]([C@@H](CC(=O)N1CCC[C@H]1[C@H](OC)[C@@H](C)C(=O)N[C@@H](Cc1ccccc1)C(=O)OC)OC)N(C)C(=O)C(NC(=O)N(CC)C(C)C)C(C)C. The number of hydrogen-bond donors (Lipinski definition) is 2. The lowest BCUT2D eigenvalue weighted by atomic mass is 9.89. The number of carbonyl (C=O) groups excluding carboxylic acids is 5. The molecular formula is C40H67N5O8. The minimum atomic E-state index is -0.889. The number of benzene rings is 1. The highest BCUT2D eigenvalue weighted by Crippen LogP contribution is 2.30. The molecule has 13 nitrogen and oxygen atoms in total. The number of nitrogens with zero attached hydrogens (tertiary/aromatic N) is 3. The van der Waals surface area contributed by atoms with Gasteiger partial charge in [0.1, 0.15) is 12.1 Å². The smallest absolute Gasteiger partial charge is 0.328 e. The second-order valence-corrected chi connectivity index (χ2v) is 14.9. The van der Waals surface area contributed by atoms with Crippen molar-refractivity contribution in [3.63, 3.8) is 0 Å². The van der Waals surface area contributed by atoms with Crippen molar-refractivity contribution in [3.8, 4) is 0 Å². The summed E-state index contributed by atoms with van der Waals surface area (Å²) in [5, 5.41) is 5.83. The predicted octanol–water partition coefficient (Wildman–Crippen LogP) is 4.27. The Bertz CT molecular complexity index is 1330. The third kappa shape index (κ3) is 12.1. The van der Waals surface area contributed by atoms with E-state index in [1.165, 1.54) is 14.2 Å². The molecule has 0 radical (unpaired) electrons. The van der Waals surface area contributed by atoms with Gasteiger partial charge in [0.2, 0.25) is 17.7 Å². The quantitative estimate of drug-likeness (QED) is 0.188. The first-order valence-corrected chi connectivity index (χ1v) is 19.2. The van der Waals surface area contributed by atoms with Gasteiger partial charge in [-0.1, -0.05) is 71.4 Å². The summed E-state index contributed by atoms with van der Waals surface area (Å²) in [6.07, 6.45) is 1.09. The first kappa shape index (κ1) is 45.4. The zero-order valence-electron chi connectivity index (χ0n) is 34.2. The number of carbonyl (C=O) groups is 5. The average Bonchev–Trinajstić information content (AvgIpc) is 3.62. The van der Waals surface area contributed by atoms with Crippen LogP contribution in [0.2, 0.25) is 0 Å². The molecular weight excluding hydrogens is 678 g/mol. The molecule has 2 N–H and O–H groups in total. The second-order valence-electron chi connectivity index (χ2n) is 14.9. The summed E-state index contributed by atoms with van der Waals surface area (Å²) in [6.45, 7) is 16.4. The van der Waals surface area contributed by atoms with Crippen molar-refractivity contribution in [2.75, 3.05) is 41.5 Å². The molecule has 1 fully saturated rings. The number of ether oxygens (including phenoxy) is 3. The largest absolute Gasteiger partial charge is 0.467 e. The molecule has 0 aromatic heterocycles. The first-order chi connectivity index (χ1) is 25.1. The lowest BCUT2D eigenvalue weighted by Gasteiger charge is -2.41. The standard InChI is InChI=1S/C40H67N5O8/c1-13-27(7)35(43(9)38(48)34(25(3)4)42-40(50)44(14-2)26(5)6)32(51-10)24-33(46)45-22-18-21-31(45)36(52-11)28(8)37(47)41-30(39(49)53-12)23-29-19-16-15-17-20-29/h15-17,19-20,25-28,30-32,34-36H,13-14,18,21-24H2,1-12H3,(H,41,47)(H,42,50)/t27-,28+,30-,31-,32+,34?,35-,36+/m0/s1. The molecule has 300 valence electrons. The number of likely N-dealkylation sites (tertiary alicyclic amines) is 1. The highest BCUT2D eigenvalue weighted by atomic mass is 16.5. The normalized spacial score (nSPS) is 18.4. The lowest BCUT2D eigenvalue weighted by molar-refractivity contribution is -0.148. The second kappa shape index (κ2) is 21.9. The molecule has 53 heavy (non-hydrogen) atoms. The van der Waals surface area contributed by atoms with Gasteiger partial charge in [0.15, 0.2) is 0 Å². The van der Waals surface area contributed by atoms with E-state index in [9.17, 15) is 24.0 Å². The fourth-order valence-electron chi connectivity index (χ4n) is 7.49. The van der Waals surface area contributed by atoms with E-state index in [0.29, 0.717) is 19.5 Å². The number of urea groups is 1. The Morgan fingerprint density at radius 1 is 0.925 bits per heavy atom. The van der Waals surface area contributed by atoms with Gasteiger partial charge >= 0.3 is 12.0 Å². The van der Waals surface area contributed by atoms with Gasteiger partial charge in [-0.15, -0.1) is 0 Å². The summed E-state index contributed by atoms with van der Waals surface area (Å²) in [6, 6.07) is 6.54. The number of nitrogens with one attached hydrogen (secondary N) is 2. The molecule has 0 spiro atoms. The maximum absolute atomic E-state index is 14.2. The third-order valence-electron chi connectivity index (χ3n) is 10.8. The molecule has 1 aliphatic heterocycles. The number of esters is 1. The topological polar surface area (TPSA) is 147 Å². The van der Waals surface area contributed by atoms with Crippen molar-refractivity contribution in [3.05, 3.63) is 35.9 Å². The molecule has 13 heteroatoms. The van der Waals surface area contributed by atoms with E-state index in [0.717, 1.165) is 18.4 Å². The zero-order chi connectivity index (χ0) is 40.0. The van der Waals surface area contributed by atoms with E-state index in [1.807, 2.05) is 78.8 Å². The van der Waals surface area contributed by atoms with Crippen molar-refractivity contribution < 1.29 is 38.2 Å². The van der Waals surface area contributed by atoms with Crippen molar-refractivity contribution in [1.29, 1.82) is 0 Å². The van der Waals surface area contributed by atoms with Crippen LogP contribution in [0.1, 0.15) is 86.6 Å². The summed E-state index contributed by atoms with van der Waals surface area (Å²) in [5.74, 6) is -2.25. The van der Waals surface area contributed by atoms with E-state index in [-0.39, 0.29) is 60.5 Å². The lowest BCUT2D eigenvalue weighted by Crippen LogP contribution is -2.59. The molecule has 0 saturated carbocycles. The Kier molecular flexibility index (Phi) is 18.7. The van der Waals surface area contributed by atoms with Gasteiger partial charge < -0.3 is 39.5 Å². The molecule has 0 aliphatic carbocycles. The van der Waals surface area contributed by atoms with Crippen LogP contribution in [0.25, 0.3) is 0 Å². The van der Waals surface area contributed by atoms with Crippen LogP contribution in [-0.4, -0.2) is 128 Å². The molecule has 1 aliphatic rings. The Hall–Kier alpha value is -3.71. The zero-order valence-corrected chi connectivity index (χ0v) is 34.2. The van der Waals surface area contributed by atoms with Crippen LogP contribution in [0, 0.1) is 17.8 Å². The van der Waals surface area contributed by atoms with Crippen molar-refractivity contribution in [1.82, 2.24) is 25.3 Å². The van der Waals surface area contributed by atoms with Gasteiger partial charge in [-0.3, -0.25) is 14.4 Å². The maximum atomic E-state index is 14.2. The highest BCUT2D eigenvalue weighted by molar-refractivity contribution is 5.88. The molecule has 1 unspecified atom stereocenters. The summed E-state index contributed by atoms with van der Waals surface area (Å²) < 4.78 is 16.9. The van der Waals surface area contributed by atoms with Crippen molar-refractivity contribution in [2.45, 2.75) is 130 Å². The number of hydrogen-bond acceptors (Lipinski definition) is 8. The first-order valence-electron chi connectivity index (χ1n) is 19.2. The van der Waals surface area contributed by atoms with E-state index in [2.05, 4.69) is 10.6 Å². The Morgan fingerprint density at radius 3 is 2.08 bits per heavy atom. The Morgan fingerprint density at radius 2 is 1.57 bits per heavy atom. The van der Waals surface area contributed by atoms with E-state index >= 15 is 0 Å². The van der Waals surface area contributed by atoms with Gasteiger partial charge in [0, 0.05) is 46.8 Å². The molecule has 2 rings (SSSR count). The molecule has 1 heterocycles. The fourth-order valence-corrected chi connectivity index (χ4v) is 7.49. The van der Waals surface area contributed by atoms with Crippen molar-refractivity contribution >= 4 is 29.7 Å². The van der Waals surface area contributed by atoms with Crippen molar-refractivity contribution in [2.24, 2.45) is 17.8 Å². The van der Waals surface area contributed by atoms with Gasteiger partial charge in [0.25, 0.3) is 0 Å². The van der Waals surface area contributed by atoms with Gasteiger partial charge in [-0.05, 0) is 51.0 Å². The predicted molar refractivity (Wildman–Crippen MR) is 205 cm³/mol. The summed E-state index contributed by atoms with van der Waals surface area (Å²) in [5.41, 5.74) is 0.876. The van der Waals surface area contributed by atoms with Gasteiger partial charge in [-0.2, -0.15) is 0 Å². The minimum Gasteiger partial charge on any atom is -0.467 e. The van der Waals surface area contributed by atoms with E-state index in [4.69, 9.17) is 14.2 Å². The average molecular weight is 746 g/mol. The molecule has 0 bridgehead atoms. The van der Waals surface area contributed by atoms with Crippen LogP contribution in [0.4, 0.5) is 4.79 Å². The van der Waals surface area contributed by atoms with Crippen LogP contribution in [0.5, 0.6) is 0 Å². The van der Waals surface area contributed by atoms with Crippen LogP contribution in [0.3, 0.4) is 0 Å². The van der Waals surface area contributed by atoms with E-state index in [1.54, 1.807) is 35.8 Å². The molecule has 1 aromatic carbocycles. The number of likely N-dealkylation sites (N-methyl/N-ethyl adjacent to an activating group) is 1. The molecule has 1 saturated heterocycles. The minimum absolute atomic E-state index is 0.00773. The Labute approximate surface area is 317 Å². The molecule has 5 amide bonds. The van der Waals surface area contributed by atoms with Crippen LogP contribution >= 0.6 is 0 Å². The monoisotopic (exact) mass is 745 g/mol. The Balaban J connectivity index is 2.27. The highest BCUT2D eigenvalue weighted by Gasteiger charge is 2.43. The van der Waals surface area contributed by atoms with Crippen LogP contribution in [-0.2, 0) is 39.8 Å². The third-order valence-corrected chi connectivity index (χ3v) is 10.8. The maximum Gasteiger partial charge on any atom is 0.328 e. The summed E-state index contributed by atoms with van der Waals surface area (Å²) in [4.78, 5) is 72.9. The van der Waals surface area contributed by atoms with Crippen LogP contribution < -0.4 is 10.6 Å².